The first kappa shape index (κ1) is 38.5. The first-order valence-electron chi connectivity index (χ1n) is 16.3. The third-order valence-corrected chi connectivity index (χ3v) is 8.96. The fourth-order valence-electron chi connectivity index (χ4n) is 4.99. The summed E-state index contributed by atoms with van der Waals surface area (Å²) < 4.78 is 28.7. The van der Waals surface area contributed by atoms with Gasteiger partial charge in [-0.15, -0.1) is 0 Å². The van der Waals surface area contributed by atoms with Crippen LogP contribution in [0.15, 0.2) is 85.2 Å². The molecule has 12 nitrogen and oxygen atoms in total. The number of carbonyl (C=O) groups excluding carboxylic acids is 2. The Bertz CT molecular complexity index is 2030. The number of hydrogen-bond donors (Lipinski definition) is 2. The molecule has 0 radical (unpaired) electrons. The molecule has 4 heterocycles. The number of fused-ring (bicyclic) bond motifs is 2. The summed E-state index contributed by atoms with van der Waals surface area (Å²) in [5.41, 5.74) is 3.40. The van der Waals surface area contributed by atoms with Crippen LogP contribution in [0.3, 0.4) is 0 Å². The van der Waals surface area contributed by atoms with Gasteiger partial charge >= 0.3 is 0 Å². The lowest BCUT2D eigenvalue weighted by molar-refractivity contribution is 0.0941. The molecule has 0 unspecified atom stereocenters. The summed E-state index contributed by atoms with van der Waals surface area (Å²) in [4.78, 5) is 53.4. The quantitative estimate of drug-likeness (QED) is 0.110. The van der Waals surface area contributed by atoms with Gasteiger partial charge in [-0.1, -0.05) is 12.1 Å². The topological polar surface area (TPSA) is 142 Å². The third-order valence-electron chi connectivity index (χ3n) is 7.62. The summed E-state index contributed by atoms with van der Waals surface area (Å²) in [5, 5.41) is 5.64. The molecule has 4 aromatic heterocycles. The Labute approximate surface area is 326 Å². The molecule has 2 N–H and O–H groups in total. The molecular weight excluding hydrogens is 894 g/mol. The third kappa shape index (κ3) is 10.7. The van der Waals surface area contributed by atoms with Crippen LogP contribution in [-0.4, -0.2) is 81.0 Å². The van der Waals surface area contributed by atoms with E-state index in [0.717, 1.165) is 18.2 Å². The smallest absolute Gasteiger partial charge is 0.271 e. The van der Waals surface area contributed by atoms with Crippen LogP contribution in [0.4, 0.5) is 20.4 Å². The van der Waals surface area contributed by atoms with Crippen molar-refractivity contribution >= 4 is 90.7 Å². The van der Waals surface area contributed by atoms with Gasteiger partial charge in [0.15, 0.2) is 0 Å². The Hall–Kier alpha value is -4.72. The number of amides is 2. The second-order valence-corrected chi connectivity index (χ2v) is 13.6. The Morgan fingerprint density at radius 3 is 1.63 bits per heavy atom. The highest BCUT2D eigenvalue weighted by molar-refractivity contribution is 14.1. The monoisotopic (exact) mass is 928 g/mol. The van der Waals surface area contributed by atoms with Crippen LogP contribution < -0.4 is 20.4 Å². The molecule has 0 aliphatic carbocycles. The zero-order valence-electron chi connectivity index (χ0n) is 28.2. The second-order valence-electron chi connectivity index (χ2n) is 11.1. The van der Waals surface area contributed by atoms with E-state index in [9.17, 15) is 18.4 Å². The molecule has 2 aromatic carbocycles. The second kappa shape index (κ2) is 18.7. The van der Waals surface area contributed by atoms with Gasteiger partial charge in [0.05, 0.1) is 34.5 Å². The van der Waals surface area contributed by atoms with E-state index in [1.54, 1.807) is 24.3 Å². The molecule has 0 saturated heterocycles. The number of carbonyl (C=O) groups is 2. The normalized spacial score (nSPS) is 10.7. The summed E-state index contributed by atoms with van der Waals surface area (Å²) in [6, 6.07) is 20.7. The summed E-state index contributed by atoms with van der Waals surface area (Å²) >= 11 is 4.41. The highest BCUT2D eigenvalue weighted by Crippen LogP contribution is 2.16. The molecule has 52 heavy (non-hydrogen) atoms. The Morgan fingerprint density at radius 2 is 1.15 bits per heavy atom. The number of nitrogens with zero attached hydrogens (tertiary/aromatic N) is 8. The minimum absolute atomic E-state index is 0.269. The number of likely N-dealkylation sites (N-methyl/N-ethyl adjacent to an activating group) is 2. The van der Waals surface area contributed by atoms with Crippen LogP contribution in [0.5, 0.6) is 0 Å². The van der Waals surface area contributed by atoms with Crippen LogP contribution in [0.25, 0.3) is 22.1 Å². The molecule has 6 aromatic rings. The maximum Gasteiger partial charge on any atom is 0.271 e. The van der Waals surface area contributed by atoms with Crippen molar-refractivity contribution in [2.24, 2.45) is 0 Å². The predicted octanol–water partition coefficient (Wildman–Crippen LogP) is 6.05. The van der Waals surface area contributed by atoms with Gasteiger partial charge in [0, 0.05) is 46.4 Å². The standard InChI is InChI=1S/2C18H17FIN5O/c2*1-2-25(17-5-3-4-16(19)24-17)9-8-21-18(26)15-11-22-14-10-12(20)6-7-13(14)23-15/h2*3-7,10-11H,2,8-9H2,1H3,(H,21,26)/i20-2;. The molecule has 0 atom stereocenters. The van der Waals surface area contributed by atoms with Crippen LogP contribution in [0.2, 0.25) is 0 Å². The summed E-state index contributed by atoms with van der Waals surface area (Å²) in [7, 11) is 0. The van der Waals surface area contributed by atoms with Gasteiger partial charge in [-0.3, -0.25) is 19.6 Å². The summed E-state index contributed by atoms with van der Waals surface area (Å²) in [6.07, 6.45) is 2.94. The van der Waals surface area contributed by atoms with Crippen molar-refractivity contribution in [3.8, 4) is 0 Å². The predicted molar refractivity (Wildman–Crippen MR) is 213 cm³/mol. The maximum atomic E-state index is 13.3. The van der Waals surface area contributed by atoms with Crippen molar-refractivity contribution < 1.29 is 18.4 Å². The summed E-state index contributed by atoms with van der Waals surface area (Å²) in [6.45, 7) is 7.00. The van der Waals surface area contributed by atoms with E-state index in [1.807, 2.05) is 60.0 Å². The zero-order chi connectivity index (χ0) is 37.0. The van der Waals surface area contributed by atoms with Gasteiger partial charge in [-0.2, -0.15) is 8.78 Å². The average molecular weight is 929 g/mol. The van der Waals surface area contributed by atoms with Gasteiger partial charge in [-0.25, -0.2) is 19.9 Å². The number of aromatic nitrogens is 6. The first-order chi connectivity index (χ1) is 25.1. The molecule has 0 aliphatic heterocycles. The zero-order valence-corrected chi connectivity index (χ0v) is 32.5. The van der Waals surface area contributed by atoms with Crippen molar-refractivity contribution in [3.63, 3.8) is 0 Å². The molecule has 0 bridgehead atoms. The van der Waals surface area contributed by atoms with E-state index in [-0.39, 0.29) is 23.2 Å². The first-order valence-corrected chi connectivity index (χ1v) is 18.4. The van der Waals surface area contributed by atoms with Crippen LogP contribution in [0, 0.1) is 19.0 Å². The highest BCUT2D eigenvalue weighted by Gasteiger charge is 2.13. The van der Waals surface area contributed by atoms with E-state index >= 15 is 0 Å². The molecule has 16 heteroatoms. The molecular formula is C36H34F2I2N10O2. The van der Waals surface area contributed by atoms with Crippen molar-refractivity contribution in [1.82, 2.24) is 40.5 Å². The van der Waals surface area contributed by atoms with Gasteiger partial charge in [0.1, 0.15) is 23.0 Å². The number of halogens is 4. The van der Waals surface area contributed by atoms with Gasteiger partial charge in [-0.05, 0) is 120 Å². The van der Waals surface area contributed by atoms with Crippen molar-refractivity contribution in [3.05, 3.63) is 116 Å². The largest absolute Gasteiger partial charge is 0.355 e. The fraction of sp³-hybridized carbons (Fsp3) is 0.222. The Balaban J connectivity index is 0.000000201. The van der Waals surface area contributed by atoms with E-state index in [0.29, 0.717) is 61.9 Å². The molecule has 0 aliphatic rings. The number of pyridine rings is 2. The molecule has 0 spiro atoms. The molecule has 6 rings (SSSR count). The number of nitrogens with one attached hydrogen (secondary N) is 2. The number of hydrogen-bond acceptors (Lipinski definition) is 10. The summed E-state index contributed by atoms with van der Waals surface area (Å²) in [5.74, 6) is -0.539. The van der Waals surface area contributed by atoms with Crippen LogP contribution in [0.1, 0.15) is 34.8 Å². The minimum atomic E-state index is -0.522. The van der Waals surface area contributed by atoms with E-state index < -0.39 is 11.9 Å². The molecule has 0 saturated carbocycles. The molecule has 2 amide bonds. The fourth-order valence-corrected chi connectivity index (χ4v) is 5.94. The Kier molecular flexibility index (Phi) is 13.8. The van der Waals surface area contributed by atoms with Gasteiger partial charge in [0.2, 0.25) is 11.9 Å². The highest BCUT2D eigenvalue weighted by atomic mass is 127. The average Bonchev–Trinajstić information content (AvgIpc) is 3.14. The van der Waals surface area contributed by atoms with Crippen molar-refractivity contribution in [2.45, 2.75) is 13.8 Å². The van der Waals surface area contributed by atoms with Gasteiger partial charge in [0.25, 0.3) is 11.8 Å². The Morgan fingerprint density at radius 1 is 0.673 bits per heavy atom. The molecule has 268 valence electrons. The number of benzene rings is 2. The lowest BCUT2D eigenvalue weighted by atomic mass is 10.3. The van der Waals surface area contributed by atoms with Crippen molar-refractivity contribution in [1.29, 1.82) is 0 Å². The van der Waals surface area contributed by atoms with Crippen LogP contribution in [-0.2, 0) is 0 Å². The minimum Gasteiger partial charge on any atom is -0.355 e. The number of anilines is 2. The van der Waals surface area contributed by atoms with Crippen LogP contribution >= 0.6 is 45.2 Å². The maximum absolute atomic E-state index is 13.3. The van der Waals surface area contributed by atoms with Crippen molar-refractivity contribution in [2.75, 3.05) is 49.1 Å². The number of rotatable bonds is 12. The lowest BCUT2D eigenvalue weighted by Gasteiger charge is -2.21. The van der Waals surface area contributed by atoms with E-state index in [2.05, 4.69) is 85.7 Å². The van der Waals surface area contributed by atoms with E-state index in [4.69, 9.17) is 0 Å². The molecule has 0 fully saturated rings. The lowest BCUT2D eigenvalue weighted by Crippen LogP contribution is -2.35. The van der Waals surface area contributed by atoms with Gasteiger partial charge < -0.3 is 20.4 Å². The van der Waals surface area contributed by atoms with E-state index in [1.165, 1.54) is 24.5 Å². The SMILES string of the molecule is CCN(CCNC(=O)c1cnc2cc(I)ccc2n1)c1cccc(F)n1.CCN(CCNC(=O)c1cnc2cc([125I])ccc2n1)c1cccc(F)n1.